The Labute approximate surface area is 80.8 Å². The maximum atomic E-state index is 13.3. The third-order valence-corrected chi connectivity index (χ3v) is 1.97. The zero-order valence-electron chi connectivity index (χ0n) is 7.70. The van der Waals surface area contributed by atoms with Gasteiger partial charge in [0.1, 0.15) is 5.82 Å². The summed E-state index contributed by atoms with van der Waals surface area (Å²) in [6, 6.07) is 4.68. The van der Waals surface area contributed by atoms with Crippen molar-refractivity contribution in [2.45, 2.75) is 19.4 Å². The van der Waals surface area contributed by atoms with Crippen molar-refractivity contribution in [2.24, 2.45) is 0 Å². The number of halogens is 1. The number of hydrogen-bond acceptors (Lipinski definition) is 2. The number of carbonyl (C=O) groups is 1. The molecule has 0 fully saturated rings. The first-order chi connectivity index (χ1) is 6.52. The predicted molar refractivity (Wildman–Crippen MR) is 48.5 cm³/mol. The molecule has 0 aromatic heterocycles. The monoisotopic (exact) mass is 198 g/mol. The SMILES string of the molecule is Cc1cccc(CC(O)C(=O)O)c1F. The van der Waals surface area contributed by atoms with Crippen LogP contribution in [0, 0.1) is 12.7 Å². The molecule has 76 valence electrons. The summed E-state index contributed by atoms with van der Waals surface area (Å²) < 4.78 is 13.3. The zero-order chi connectivity index (χ0) is 10.7. The molecule has 0 heterocycles. The Morgan fingerprint density at radius 3 is 2.79 bits per heavy atom. The number of carboxylic acid groups (broad SMARTS) is 1. The van der Waals surface area contributed by atoms with Crippen molar-refractivity contribution in [2.75, 3.05) is 0 Å². The number of benzene rings is 1. The maximum absolute atomic E-state index is 13.3. The van der Waals surface area contributed by atoms with E-state index in [1.54, 1.807) is 19.1 Å². The number of rotatable bonds is 3. The van der Waals surface area contributed by atoms with Gasteiger partial charge in [-0.15, -0.1) is 0 Å². The topological polar surface area (TPSA) is 57.5 Å². The van der Waals surface area contributed by atoms with Crippen molar-refractivity contribution in [3.05, 3.63) is 35.1 Å². The smallest absolute Gasteiger partial charge is 0.332 e. The van der Waals surface area contributed by atoms with Gasteiger partial charge in [-0.25, -0.2) is 9.18 Å². The molecule has 0 spiro atoms. The molecule has 1 rings (SSSR count). The Morgan fingerprint density at radius 2 is 2.21 bits per heavy atom. The molecule has 3 nitrogen and oxygen atoms in total. The van der Waals surface area contributed by atoms with Crippen molar-refractivity contribution in [3.63, 3.8) is 0 Å². The lowest BCUT2D eigenvalue weighted by Gasteiger charge is -2.07. The van der Waals surface area contributed by atoms with Crippen molar-refractivity contribution >= 4 is 5.97 Å². The van der Waals surface area contributed by atoms with Gasteiger partial charge < -0.3 is 10.2 Å². The van der Waals surface area contributed by atoms with Crippen LogP contribution in [0.1, 0.15) is 11.1 Å². The Balaban J connectivity index is 2.87. The highest BCUT2D eigenvalue weighted by molar-refractivity contribution is 5.72. The third kappa shape index (κ3) is 2.29. The summed E-state index contributed by atoms with van der Waals surface area (Å²) in [7, 11) is 0. The van der Waals surface area contributed by atoms with E-state index in [9.17, 15) is 9.18 Å². The van der Waals surface area contributed by atoms with Crippen molar-refractivity contribution in [1.82, 2.24) is 0 Å². The molecule has 2 N–H and O–H groups in total. The molecule has 0 amide bonds. The van der Waals surface area contributed by atoms with E-state index in [0.29, 0.717) is 5.56 Å². The van der Waals surface area contributed by atoms with Gasteiger partial charge in [-0.05, 0) is 18.1 Å². The van der Waals surface area contributed by atoms with Crippen LogP contribution in [-0.4, -0.2) is 22.3 Å². The van der Waals surface area contributed by atoms with E-state index in [4.69, 9.17) is 10.2 Å². The van der Waals surface area contributed by atoms with Crippen LogP contribution in [0.2, 0.25) is 0 Å². The second kappa shape index (κ2) is 4.19. The molecule has 0 saturated heterocycles. The number of hydrogen-bond donors (Lipinski definition) is 2. The summed E-state index contributed by atoms with van der Waals surface area (Å²) in [6.45, 7) is 1.59. The van der Waals surface area contributed by atoms with E-state index in [1.807, 2.05) is 0 Å². The predicted octanol–water partition coefficient (Wildman–Crippen LogP) is 1.12. The van der Waals surface area contributed by atoms with Gasteiger partial charge >= 0.3 is 5.97 Å². The van der Waals surface area contributed by atoms with Gasteiger partial charge in [0.05, 0.1) is 0 Å². The molecule has 0 aliphatic heterocycles. The molecule has 1 unspecified atom stereocenters. The van der Waals surface area contributed by atoms with E-state index in [2.05, 4.69) is 0 Å². The summed E-state index contributed by atoms with van der Waals surface area (Å²) in [6.07, 6.45) is -1.76. The van der Waals surface area contributed by atoms with Gasteiger partial charge in [0, 0.05) is 6.42 Å². The average molecular weight is 198 g/mol. The van der Waals surface area contributed by atoms with Gasteiger partial charge in [-0.1, -0.05) is 18.2 Å². The molecule has 4 heteroatoms. The van der Waals surface area contributed by atoms with Gasteiger partial charge in [-0.2, -0.15) is 0 Å². The van der Waals surface area contributed by atoms with Crippen molar-refractivity contribution in [1.29, 1.82) is 0 Å². The van der Waals surface area contributed by atoms with Crippen molar-refractivity contribution in [3.8, 4) is 0 Å². The normalized spacial score (nSPS) is 12.5. The second-order valence-electron chi connectivity index (χ2n) is 3.11. The Bertz CT molecular complexity index is 349. The third-order valence-electron chi connectivity index (χ3n) is 1.97. The van der Waals surface area contributed by atoms with Crippen LogP contribution in [0.5, 0.6) is 0 Å². The summed E-state index contributed by atoms with van der Waals surface area (Å²) in [5.41, 5.74) is 0.667. The summed E-state index contributed by atoms with van der Waals surface area (Å²) in [4.78, 5) is 10.3. The molecule has 1 aromatic carbocycles. The van der Waals surface area contributed by atoms with Gasteiger partial charge in [0.25, 0.3) is 0 Å². The zero-order valence-corrected chi connectivity index (χ0v) is 7.70. The number of carboxylic acids is 1. The fourth-order valence-corrected chi connectivity index (χ4v) is 1.16. The van der Waals surface area contributed by atoms with Crippen LogP contribution >= 0.6 is 0 Å². The fraction of sp³-hybridized carbons (Fsp3) is 0.300. The summed E-state index contributed by atoms with van der Waals surface area (Å²) >= 11 is 0. The molecule has 0 radical (unpaired) electrons. The maximum Gasteiger partial charge on any atom is 0.332 e. The van der Waals surface area contributed by atoms with Crippen LogP contribution in [0.15, 0.2) is 18.2 Å². The highest BCUT2D eigenvalue weighted by Gasteiger charge is 2.16. The number of aliphatic carboxylic acids is 1. The van der Waals surface area contributed by atoms with Crippen LogP contribution in [0.25, 0.3) is 0 Å². The van der Waals surface area contributed by atoms with Crippen LogP contribution in [-0.2, 0) is 11.2 Å². The highest BCUT2D eigenvalue weighted by Crippen LogP contribution is 2.13. The molecule has 0 saturated carbocycles. The lowest BCUT2D eigenvalue weighted by Crippen LogP contribution is -2.22. The molecule has 14 heavy (non-hydrogen) atoms. The second-order valence-corrected chi connectivity index (χ2v) is 3.11. The van der Waals surface area contributed by atoms with E-state index in [-0.39, 0.29) is 12.0 Å². The minimum atomic E-state index is -1.55. The lowest BCUT2D eigenvalue weighted by atomic mass is 10.0. The summed E-state index contributed by atoms with van der Waals surface area (Å²) in [5.74, 6) is -1.79. The van der Waals surface area contributed by atoms with Gasteiger partial charge in [0.2, 0.25) is 0 Å². The molecule has 0 aliphatic carbocycles. The first kappa shape index (κ1) is 10.7. The molecule has 1 atom stereocenters. The van der Waals surface area contributed by atoms with E-state index in [1.165, 1.54) is 6.07 Å². The average Bonchev–Trinajstić information content (AvgIpc) is 2.12. The minimum Gasteiger partial charge on any atom is -0.479 e. The van der Waals surface area contributed by atoms with Crippen molar-refractivity contribution < 1.29 is 19.4 Å². The van der Waals surface area contributed by atoms with Crippen LogP contribution < -0.4 is 0 Å². The van der Waals surface area contributed by atoms with E-state index < -0.39 is 17.9 Å². The molecular formula is C10H11FO3. The molecular weight excluding hydrogens is 187 g/mol. The molecule has 1 aromatic rings. The number of aliphatic hydroxyl groups is 1. The Kier molecular flexibility index (Phi) is 3.19. The Hall–Kier alpha value is -1.42. The number of aryl methyl sites for hydroxylation is 1. The van der Waals surface area contributed by atoms with Crippen LogP contribution in [0.4, 0.5) is 4.39 Å². The highest BCUT2D eigenvalue weighted by atomic mass is 19.1. The van der Waals surface area contributed by atoms with E-state index >= 15 is 0 Å². The molecule has 0 aliphatic rings. The quantitative estimate of drug-likeness (QED) is 0.765. The largest absolute Gasteiger partial charge is 0.479 e. The van der Waals surface area contributed by atoms with Gasteiger partial charge in [-0.3, -0.25) is 0 Å². The minimum absolute atomic E-state index is 0.206. The van der Waals surface area contributed by atoms with Gasteiger partial charge in [0.15, 0.2) is 6.10 Å². The first-order valence-electron chi connectivity index (χ1n) is 4.17. The first-order valence-corrected chi connectivity index (χ1v) is 4.17. The number of aliphatic hydroxyl groups excluding tert-OH is 1. The van der Waals surface area contributed by atoms with Crippen LogP contribution in [0.3, 0.4) is 0 Å². The van der Waals surface area contributed by atoms with E-state index in [0.717, 1.165) is 0 Å². The lowest BCUT2D eigenvalue weighted by molar-refractivity contribution is -0.146. The Morgan fingerprint density at radius 1 is 1.57 bits per heavy atom. The molecule has 0 bridgehead atoms. The fourth-order valence-electron chi connectivity index (χ4n) is 1.16. The standard InChI is InChI=1S/C10H11FO3/c1-6-3-2-4-7(9(6)11)5-8(12)10(13)14/h2-4,8,12H,5H2,1H3,(H,13,14). The summed E-state index contributed by atoms with van der Waals surface area (Å²) in [5, 5.41) is 17.5.